The fraction of sp³-hybridized carbons (Fsp3) is 0.250. The maximum Gasteiger partial charge on any atom is 0.308 e. The van der Waals surface area contributed by atoms with Crippen molar-refractivity contribution in [1.29, 1.82) is 0 Å². The lowest BCUT2D eigenvalue weighted by molar-refractivity contribution is 0.413. The van der Waals surface area contributed by atoms with Crippen LogP contribution in [0.25, 0.3) is 0 Å². The van der Waals surface area contributed by atoms with Gasteiger partial charge in [0.25, 0.3) is 0 Å². The third-order valence-electron chi connectivity index (χ3n) is 0.904. The molecule has 1 heterocycles. The highest BCUT2D eigenvalue weighted by molar-refractivity contribution is 9.10. The number of halogens is 2. The fourth-order valence-electron chi connectivity index (χ4n) is 0.506. The predicted molar refractivity (Wildman–Crippen MR) is 37.9 cm³/mol. The monoisotopic (exact) mass is 243 g/mol. The summed E-state index contributed by atoms with van der Waals surface area (Å²) in [6, 6.07) is 0. The summed E-state index contributed by atoms with van der Waals surface area (Å²) >= 11 is 2.93. The molecule has 1 rings (SSSR count). The molecule has 0 amide bonds. The first-order valence-electron chi connectivity index (χ1n) is 2.50. The molecule has 0 atom stereocenters. The minimum atomic E-state index is -4.52. The minimum absolute atomic E-state index is 0.0347. The molecule has 0 radical (unpaired) electrons. The number of rotatable bonds is 2. The van der Waals surface area contributed by atoms with Crippen LogP contribution in [0.15, 0.2) is 15.3 Å². The molecule has 7 heteroatoms. The van der Waals surface area contributed by atoms with Crippen LogP contribution in [0.3, 0.4) is 0 Å². The molecule has 4 nitrogen and oxygen atoms in total. The molecule has 1 aromatic rings. The van der Waals surface area contributed by atoms with Crippen molar-refractivity contribution in [2.24, 2.45) is 0 Å². The second-order valence-electron chi connectivity index (χ2n) is 1.79. The summed E-state index contributed by atoms with van der Waals surface area (Å²) in [7, 11) is -4.52. The van der Waals surface area contributed by atoms with Crippen LogP contribution < -0.4 is 0 Å². The molecular weight excluding hydrogens is 241 g/mol. The smallest absolute Gasteiger partial charge is 0.308 e. The summed E-state index contributed by atoms with van der Waals surface area (Å²) in [6.45, 7) is 0. The Hall–Kier alpha value is -0.430. The van der Waals surface area contributed by atoms with E-state index >= 15 is 0 Å². The molecular formula is C4H3BrFNO3S. The summed E-state index contributed by atoms with van der Waals surface area (Å²) in [6.07, 6.45) is 1.18. The van der Waals surface area contributed by atoms with Gasteiger partial charge in [0.15, 0.2) is 0 Å². The van der Waals surface area contributed by atoms with E-state index in [1.54, 1.807) is 0 Å². The lowest BCUT2D eigenvalue weighted by Crippen LogP contribution is -1.96. The van der Waals surface area contributed by atoms with E-state index in [2.05, 4.69) is 25.6 Å². The first kappa shape index (κ1) is 8.66. The molecule has 0 spiro atoms. The van der Waals surface area contributed by atoms with Gasteiger partial charge in [-0.25, -0.2) is 0 Å². The van der Waals surface area contributed by atoms with Crippen LogP contribution in [0.4, 0.5) is 3.89 Å². The molecule has 0 aliphatic heterocycles. The highest BCUT2D eigenvalue weighted by Crippen LogP contribution is 2.17. The Morgan fingerprint density at radius 1 is 1.73 bits per heavy atom. The molecule has 0 saturated carbocycles. The third-order valence-corrected chi connectivity index (χ3v) is 2.17. The van der Waals surface area contributed by atoms with Crippen molar-refractivity contribution in [2.75, 3.05) is 0 Å². The summed E-state index contributed by atoms with van der Waals surface area (Å²) in [4.78, 5) is 0. The molecule has 62 valence electrons. The maximum absolute atomic E-state index is 12.0. The largest absolute Gasteiger partial charge is 0.363 e. The van der Waals surface area contributed by atoms with Gasteiger partial charge in [-0.3, -0.25) is 0 Å². The van der Waals surface area contributed by atoms with Crippen molar-refractivity contribution >= 4 is 26.2 Å². The fourth-order valence-corrected chi connectivity index (χ4v) is 1.52. The average Bonchev–Trinajstić information content (AvgIpc) is 2.12. The molecule has 0 unspecified atom stereocenters. The third kappa shape index (κ3) is 2.58. The van der Waals surface area contributed by atoms with E-state index in [0.29, 0.717) is 4.47 Å². The number of nitrogens with zero attached hydrogens (tertiary/aromatic N) is 1. The zero-order chi connectivity index (χ0) is 8.48. The van der Waals surface area contributed by atoms with Crippen molar-refractivity contribution < 1.29 is 16.8 Å². The standard InChI is InChI=1S/C4H3BrFNO3S/c5-3-1-10-7-4(3)2-11(6,8)9/h1H,2H2. The first-order chi connectivity index (χ1) is 4.99. The van der Waals surface area contributed by atoms with Crippen molar-refractivity contribution in [3.8, 4) is 0 Å². The van der Waals surface area contributed by atoms with E-state index in [1.807, 2.05) is 0 Å². The Balaban J connectivity index is 2.89. The Morgan fingerprint density at radius 2 is 2.36 bits per heavy atom. The first-order valence-corrected chi connectivity index (χ1v) is 4.85. The molecule has 0 bridgehead atoms. The van der Waals surface area contributed by atoms with E-state index in [1.165, 1.54) is 6.26 Å². The maximum atomic E-state index is 12.0. The van der Waals surface area contributed by atoms with Gasteiger partial charge in [0.1, 0.15) is 17.7 Å². The summed E-state index contributed by atoms with van der Waals surface area (Å²) in [5, 5.41) is 3.26. The van der Waals surface area contributed by atoms with Gasteiger partial charge in [0.05, 0.1) is 4.47 Å². The Morgan fingerprint density at radius 3 is 2.73 bits per heavy atom. The number of aromatic nitrogens is 1. The quantitative estimate of drug-likeness (QED) is 0.734. The minimum Gasteiger partial charge on any atom is -0.363 e. The number of hydrogen-bond donors (Lipinski definition) is 0. The van der Waals surface area contributed by atoms with E-state index in [4.69, 9.17) is 0 Å². The topological polar surface area (TPSA) is 60.2 Å². The molecule has 0 aliphatic carbocycles. The molecule has 0 aromatic carbocycles. The van der Waals surface area contributed by atoms with Crippen LogP contribution >= 0.6 is 15.9 Å². The van der Waals surface area contributed by atoms with Gasteiger partial charge in [-0.2, -0.15) is 8.42 Å². The van der Waals surface area contributed by atoms with Crippen LogP contribution in [0.5, 0.6) is 0 Å². The zero-order valence-corrected chi connectivity index (χ0v) is 7.52. The van der Waals surface area contributed by atoms with Gasteiger partial charge in [-0.1, -0.05) is 5.16 Å². The van der Waals surface area contributed by atoms with Crippen molar-refractivity contribution in [1.82, 2.24) is 5.16 Å². The highest BCUT2D eigenvalue weighted by Gasteiger charge is 2.14. The van der Waals surface area contributed by atoms with E-state index < -0.39 is 16.0 Å². The van der Waals surface area contributed by atoms with E-state index in [9.17, 15) is 12.3 Å². The lowest BCUT2D eigenvalue weighted by Gasteiger charge is -1.87. The van der Waals surface area contributed by atoms with Gasteiger partial charge in [0, 0.05) is 0 Å². The lowest BCUT2D eigenvalue weighted by atomic mass is 10.5. The molecule has 11 heavy (non-hydrogen) atoms. The Kier molecular flexibility index (Phi) is 2.28. The normalized spacial score (nSPS) is 11.8. The van der Waals surface area contributed by atoms with Gasteiger partial charge in [-0.05, 0) is 15.9 Å². The van der Waals surface area contributed by atoms with Crippen molar-refractivity contribution in [3.63, 3.8) is 0 Å². The average molecular weight is 244 g/mol. The van der Waals surface area contributed by atoms with Crippen molar-refractivity contribution in [2.45, 2.75) is 5.75 Å². The summed E-state index contributed by atoms with van der Waals surface area (Å²) in [5.74, 6) is -0.760. The molecule has 0 fully saturated rings. The van der Waals surface area contributed by atoms with E-state index in [0.717, 1.165) is 0 Å². The van der Waals surface area contributed by atoms with Gasteiger partial charge < -0.3 is 4.52 Å². The molecule has 0 aliphatic rings. The van der Waals surface area contributed by atoms with Crippen LogP contribution in [0, 0.1) is 0 Å². The van der Waals surface area contributed by atoms with Gasteiger partial charge >= 0.3 is 10.2 Å². The van der Waals surface area contributed by atoms with Crippen LogP contribution in [0.2, 0.25) is 0 Å². The molecule has 1 aromatic heterocycles. The Labute approximate surface area is 70.7 Å². The predicted octanol–water partition coefficient (Wildman–Crippen LogP) is 1.24. The van der Waals surface area contributed by atoms with Gasteiger partial charge in [-0.15, -0.1) is 3.89 Å². The van der Waals surface area contributed by atoms with Gasteiger partial charge in [0.2, 0.25) is 0 Å². The summed E-state index contributed by atoms with van der Waals surface area (Å²) < 4.78 is 36.9. The second kappa shape index (κ2) is 2.90. The van der Waals surface area contributed by atoms with Crippen LogP contribution in [-0.2, 0) is 16.0 Å². The van der Waals surface area contributed by atoms with Crippen molar-refractivity contribution in [3.05, 3.63) is 16.4 Å². The Bertz CT molecular complexity index is 346. The second-order valence-corrected chi connectivity index (χ2v) is 4.01. The van der Waals surface area contributed by atoms with E-state index in [-0.39, 0.29) is 5.69 Å². The molecule has 0 N–H and O–H groups in total. The highest BCUT2D eigenvalue weighted by atomic mass is 79.9. The zero-order valence-electron chi connectivity index (χ0n) is 5.12. The van der Waals surface area contributed by atoms with Crippen LogP contribution in [-0.4, -0.2) is 13.6 Å². The molecule has 0 saturated heterocycles. The van der Waals surface area contributed by atoms with Crippen LogP contribution in [0.1, 0.15) is 5.69 Å². The summed E-state index contributed by atoms with van der Waals surface area (Å²) in [5.41, 5.74) is 0.0347. The SMILES string of the molecule is O=S(=O)(F)Cc1nocc1Br. The number of hydrogen-bond acceptors (Lipinski definition) is 4.